The van der Waals surface area contributed by atoms with Gasteiger partial charge < -0.3 is 9.72 Å². The zero-order chi connectivity index (χ0) is 13.1. The molecule has 1 aromatic carbocycles. The van der Waals surface area contributed by atoms with Crippen molar-refractivity contribution in [2.24, 2.45) is 0 Å². The van der Waals surface area contributed by atoms with Gasteiger partial charge in [-0.25, -0.2) is 4.98 Å². The fourth-order valence-corrected chi connectivity index (χ4v) is 1.86. The maximum Gasteiger partial charge on any atom is 0.251 e. The van der Waals surface area contributed by atoms with Crippen LogP contribution in [0, 0.1) is 13.8 Å². The van der Waals surface area contributed by atoms with E-state index < -0.39 is 0 Å². The summed E-state index contributed by atoms with van der Waals surface area (Å²) in [5, 5.41) is 0. The molecule has 2 rings (SSSR count). The first-order valence-corrected chi connectivity index (χ1v) is 5.77. The van der Waals surface area contributed by atoms with E-state index in [1.54, 1.807) is 7.11 Å². The summed E-state index contributed by atoms with van der Waals surface area (Å²) in [5.41, 5.74) is 3.76. The van der Waals surface area contributed by atoms with Crippen LogP contribution in [0.25, 0.3) is 11.3 Å². The summed E-state index contributed by atoms with van der Waals surface area (Å²) in [6.45, 7) is 4.33. The van der Waals surface area contributed by atoms with E-state index in [0.29, 0.717) is 18.1 Å². The number of nitrogens with one attached hydrogen (secondary N) is 1. The van der Waals surface area contributed by atoms with E-state index in [4.69, 9.17) is 4.74 Å². The molecule has 4 heteroatoms. The highest BCUT2D eigenvalue weighted by molar-refractivity contribution is 5.63. The Morgan fingerprint density at radius 3 is 2.78 bits per heavy atom. The SMILES string of the molecule is COCc1nc(-c2cc(C)ccc2C)cc(=O)[nH]1. The number of nitrogens with zero attached hydrogens (tertiary/aromatic N) is 1. The lowest BCUT2D eigenvalue weighted by molar-refractivity contribution is 0.177. The van der Waals surface area contributed by atoms with Gasteiger partial charge >= 0.3 is 0 Å². The third kappa shape index (κ3) is 2.65. The van der Waals surface area contributed by atoms with Gasteiger partial charge in [0.15, 0.2) is 0 Å². The Morgan fingerprint density at radius 2 is 2.06 bits per heavy atom. The quantitative estimate of drug-likeness (QED) is 0.900. The van der Waals surface area contributed by atoms with Gasteiger partial charge in [-0.05, 0) is 25.5 Å². The van der Waals surface area contributed by atoms with Crippen molar-refractivity contribution in [3.8, 4) is 11.3 Å². The minimum atomic E-state index is -0.159. The molecule has 0 amide bonds. The van der Waals surface area contributed by atoms with Gasteiger partial charge in [-0.3, -0.25) is 4.79 Å². The van der Waals surface area contributed by atoms with Gasteiger partial charge in [0.05, 0.1) is 5.69 Å². The van der Waals surface area contributed by atoms with Crippen LogP contribution >= 0.6 is 0 Å². The van der Waals surface area contributed by atoms with Crippen molar-refractivity contribution < 1.29 is 4.74 Å². The average Bonchev–Trinajstić information content (AvgIpc) is 2.32. The van der Waals surface area contributed by atoms with Crippen molar-refractivity contribution >= 4 is 0 Å². The summed E-state index contributed by atoms with van der Waals surface area (Å²) >= 11 is 0. The van der Waals surface area contributed by atoms with E-state index in [0.717, 1.165) is 16.7 Å². The number of aromatic amines is 1. The zero-order valence-electron chi connectivity index (χ0n) is 10.8. The standard InChI is InChI=1S/C14H16N2O2/c1-9-4-5-10(2)11(6-9)12-7-14(17)16-13(15-12)8-18-3/h4-7H,8H2,1-3H3,(H,15,16,17). The average molecular weight is 244 g/mol. The molecule has 1 aromatic heterocycles. The molecule has 4 nitrogen and oxygen atoms in total. The van der Waals surface area contributed by atoms with Gasteiger partial charge in [0.1, 0.15) is 12.4 Å². The Labute approximate surface area is 106 Å². The summed E-state index contributed by atoms with van der Waals surface area (Å²) in [4.78, 5) is 18.7. The lowest BCUT2D eigenvalue weighted by Gasteiger charge is -2.07. The van der Waals surface area contributed by atoms with Gasteiger partial charge in [0.25, 0.3) is 5.56 Å². The Kier molecular flexibility index (Phi) is 3.58. The fourth-order valence-electron chi connectivity index (χ4n) is 1.86. The molecular weight excluding hydrogens is 228 g/mol. The maximum absolute atomic E-state index is 11.6. The molecule has 0 aliphatic carbocycles. The first-order valence-electron chi connectivity index (χ1n) is 5.77. The normalized spacial score (nSPS) is 10.6. The maximum atomic E-state index is 11.6. The van der Waals surface area contributed by atoms with Crippen LogP contribution in [0.5, 0.6) is 0 Å². The molecule has 0 fully saturated rings. The van der Waals surface area contributed by atoms with E-state index in [9.17, 15) is 4.79 Å². The number of rotatable bonds is 3. The second-order valence-corrected chi connectivity index (χ2v) is 4.33. The summed E-state index contributed by atoms with van der Waals surface area (Å²) in [5.74, 6) is 0.543. The number of H-pyrrole nitrogens is 1. The molecule has 0 spiro atoms. The smallest absolute Gasteiger partial charge is 0.251 e. The topological polar surface area (TPSA) is 55.0 Å². The van der Waals surface area contributed by atoms with Crippen LogP contribution in [0.4, 0.5) is 0 Å². The number of aryl methyl sites for hydroxylation is 2. The highest BCUT2D eigenvalue weighted by Crippen LogP contribution is 2.21. The lowest BCUT2D eigenvalue weighted by Crippen LogP contribution is -2.12. The highest BCUT2D eigenvalue weighted by atomic mass is 16.5. The molecular formula is C14H16N2O2. The van der Waals surface area contributed by atoms with Crippen LogP contribution < -0.4 is 5.56 Å². The number of hydrogen-bond acceptors (Lipinski definition) is 3. The second-order valence-electron chi connectivity index (χ2n) is 4.33. The molecule has 0 saturated carbocycles. The monoisotopic (exact) mass is 244 g/mol. The Hall–Kier alpha value is -1.94. The molecule has 1 N–H and O–H groups in total. The van der Waals surface area contributed by atoms with Gasteiger partial charge in [-0.2, -0.15) is 0 Å². The molecule has 1 heterocycles. The predicted octanol–water partition coefficient (Wildman–Crippen LogP) is 2.20. The van der Waals surface area contributed by atoms with Crippen molar-refractivity contribution in [2.75, 3.05) is 7.11 Å². The summed E-state index contributed by atoms with van der Waals surface area (Å²) < 4.78 is 5.00. The minimum Gasteiger partial charge on any atom is -0.377 e. The van der Waals surface area contributed by atoms with Gasteiger partial charge in [0, 0.05) is 18.7 Å². The van der Waals surface area contributed by atoms with Crippen LogP contribution in [-0.2, 0) is 11.3 Å². The molecule has 0 saturated heterocycles. The summed E-state index contributed by atoms with van der Waals surface area (Å²) in [6, 6.07) is 7.63. The number of ether oxygens (including phenoxy) is 1. The molecule has 0 radical (unpaired) electrons. The third-order valence-corrected chi connectivity index (χ3v) is 2.74. The number of hydrogen-bond donors (Lipinski definition) is 1. The molecule has 2 aromatic rings. The predicted molar refractivity (Wildman–Crippen MR) is 70.5 cm³/mol. The van der Waals surface area contributed by atoms with Gasteiger partial charge in [0.2, 0.25) is 0 Å². The lowest BCUT2D eigenvalue weighted by atomic mass is 10.0. The van der Waals surface area contributed by atoms with Crippen LogP contribution in [0.15, 0.2) is 29.1 Å². The second kappa shape index (κ2) is 5.14. The van der Waals surface area contributed by atoms with Crippen molar-refractivity contribution in [1.82, 2.24) is 9.97 Å². The number of aromatic nitrogens is 2. The Bertz CT molecular complexity index is 617. The molecule has 94 valence electrons. The van der Waals surface area contributed by atoms with E-state index in [1.165, 1.54) is 6.07 Å². The molecule has 0 atom stereocenters. The van der Waals surface area contributed by atoms with Gasteiger partial charge in [-0.15, -0.1) is 0 Å². The minimum absolute atomic E-state index is 0.159. The Balaban J connectivity index is 2.56. The third-order valence-electron chi connectivity index (χ3n) is 2.74. The summed E-state index contributed by atoms with van der Waals surface area (Å²) in [7, 11) is 1.57. The zero-order valence-corrected chi connectivity index (χ0v) is 10.8. The first kappa shape index (κ1) is 12.5. The largest absolute Gasteiger partial charge is 0.377 e. The van der Waals surface area contributed by atoms with E-state index in [2.05, 4.69) is 9.97 Å². The number of methoxy groups -OCH3 is 1. The van der Waals surface area contributed by atoms with E-state index in [1.807, 2.05) is 32.0 Å². The van der Waals surface area contributed by atoms with Crippen LogP contribution in [0.3, 0.4) is 0 Å². The van der Waals surface area contributed by atoms with E-state index in [-0.39, 0.29) is 5.56 Å². The van der Waals surface area contributed by atoms with Crippen LogP contribution in [0.2, 0.25) is 0 Å². The van der Waals surface area contributed by atoms with Crippen molar-refractivity contribution in [1.29, 1.82) is 0 Å². The molecule has 0 unspecified atom stereocenters. The Morgan fingerprint density at radius 1 is 1.28 bits per heavy atom. The van der Waals surface area contributed by atoms with Crippen LogP contribution in [0.1, 0.15) is 17.0 Å². The molecule has 0 aliphatic heterocycles. The highest BCUT2D eigenvalue weighted by Gasteiger charge is 2.07. The van der Waals surface area contributed by atoms with Crippen molar-refractivity contribution in [2.45, 2.75) is 20.5 Å². The van der Waals surface area contributed by atoms with Gasteiger partial charge in [-0.1, -0.05) is 17.7 Å². The molecule has 0 bridgehead atoms. The fraction of sp³-hybridized carbons (Fsp3) is 0.286. The number of benzene rings is 1. The summed E-state index contributed by atoms with van der Waals surface area (Å²) in [6.07, 6.45) is 0. The van der Waals surface area contributed by atoms with Crippen molar-refractivity contribution in [3.05, 3.63) is 51.6 Å². The van der Waals surface area contributed by atoms with Crippen LogP contribution in [-0.4, -0.2) is 17.1 Å². The first-order chi connectivity index (χ1) is 8.60. The molecule has 18 heavy (non-hydrogen) atoms. The molecule has 0 aliphatic rings. The van der Waals surface area contributed by atoms with Crippen molar-refractivity contribution in [3.63, 3.8) is 0 Å². The van der Waals surface area contributed by atoms with E-state index >= 15 is 0 Å².